The lowest BCUT2D eigenvalue weighted by molar-refractivity contribution is -0.123. The highest BCUT2D eigenvalue weighted by Gasteiger charge is 2.43. The molecule has 3 rings (SSSR count). The third kappa shape index (κ3) is 3.37. The average Bonchev–Trinajstić information content (AvgIpc) is 2.91. The fourth-order valence-corrected chi connectivity index (χ4v) is 5.37. The van der Waals surface area contributed by atoms with Crippen LogP contribution in [0.4, 0.5) is 10.5 Å². The van der Waals surface area contributed by atoms with E-state index in [4.69, 9.17) is 0 Å². The molecule has 0 aromatic heterocycles. The summed E-state index contributed by atoms with van der Waals surface area (Å²) in [5.74, 6) is -0.487. The summed E-state index contributed by atoms with van der Waals surface area (Å²) in [6.45, 7) is 11.0. The lowest BCUT2D eigenvalue weighted by Gasteiger charge is -2.22. The first-order chi connectivity index (χ1) is 13.4. The number of amides is 3. The van der Waals surface area contributed by atoms with Gasteiger partial charge in [-0.3, -0.25) is 14.8 Å². The Morgan fingerprint density at radius 1 is 0.897 bits per heavy atom. The minimum atomic E-state index is -3.86. The molecule has 1 atom stereocenters. The van der Waals surface area contributed by atoms with E-state index in [0.29, 0.717) is 22.4 Å². The molecular weight excluding hydrogens is 390 g/mol. The molecule has 7 nitrogen and oxygen atoms in total. The predicted octanol–water partition coefficient (Wildman–Crippen LogP) is 3.08. The molecule has 1 saturated heterocycles. The Hall–Kier alpha value is -2.87. The third-order valence-electron chi connectivity index (χ3n) is 5.94. The van der Waals surface area contributed by atoms with Crippen molar-refractivity contribution in [2.75, 3.05) is 4.72 Å². The van der Waals surface area contributed by atoms with Crippen molar-refractivity contribution in [3.63, 3.8) is 0 Å². The Morgan fingerprint density at radius 2 is 1.45 bits per heavy atom. The number of carbonyl (C=O) groups excluding carboxylic acids is 2. The molecule has 3 amide bonds. The molecule has 154 valence electrons. The van der Waals surface area contributed by atoms with Gasteiger partial charge in [0.2, 0.25) is 0 Å². The Labute approximate surface area is 171 Å². The van der Waals surface area contributed by atoms with E-state index in [0.717, 1.165) is 16.7 Å². The number of anilines is 1. The summed E-state index contributed by atoms with van der Waals surface area (Å²) in [4.78, 5) is 24.0. The maximum atomic E-state index is 13.2. The summed E-state index contributed by atoms with van der Waals surface area (Å²) < 4.78 is 29.1. The van der Waals surface area contributed by atoms with E-state index in [2.05, 4.69) is 15.4 Å². The Kier molecular flexibility index (Phi) is 4.94. The van der Waals surface area contributed by atoms with Crippen molar-refractivity contribution >= 4 is 27.6 Å². The lowest BCUT2D eigenvalue weighted by Crippen LogP contribution is -2.40. The van der Waals surface area contributed by atoms with E-state index < -0.39 is 27.5 Å². The first kappa shape index (κ1) is 20.9. The third-order valence-corrected chi connectivity index (χ3v) is 7.59. The number of urea groups is 1. The van der Waals surface area contributed by atoms with Gasteiger partial charge < -0.3 is 5.32 Å². The van der Waals surface area contributed by atoms with Crippen LogP contribution in [0.15, 0.2) is 29.2 Å². The molecule has 0 bridgehead atoms. The lowest BCUT2D eigenvalue weighted by atomic mass is 9.92. The second-order valence-electron chi connectivity index (χ2n) is 7.67. The fourth-order valence-electron chi connectivity index (χ4n) is 3.72. The van der Waals surface area contributed by atoms with Crippen LogP contribution in [0.2, 0.25) is 0 Å². The number of sulfonamides is 1. The van der Waals surface area contributed by atoms with Crippen molar-refractivity contribution < 1.29 is 18.0 Å². The van der Waals surface area contributed by atoms with Crippen molar-refractivity contribution in [3.8, 4) is 0 Å². The Morgan fingerprint density at radius 3 is 1.97 bits per heavy atom. The highest BCUT2D eigenvalue weighted by molar-refractivity contribution is 7.92. The van der Waals surface area contributed by atoms with Crippen molar-refractivity contribution in [2.45, 2.75) is 52.0 Å². The zero-order valence-electron chi connectivity index (χ0n) is 17.4. The molecule has 3 N–H and O–H groups in total. The molecule has 0 saturated carbocycles. The molecule has 1 fully saturated rings. The summed E-state index contributed by atoms with van der Waals surface area (Å²) in [5.41, 5.74) is 3.92. The van der Waals surface area contributed by atoms with Gasteiger partial charge in [0.15, 0.2) is 0 Å². The summed E-state index contributed by atoms with van der Waals surface area (Å²) in [6, 6.07) is 5.89. The van der Waals surface area contributed by atoms with E-state index >= 15 is 0 Å². The SMILES string of the molecule is Cc1c(C)c(C)c(S(=O)(=O)Nc2cccc([C@]3(C)NC(=O)NC3=O)c2)c(C)c1C. The minimum Gasteiger partial charge on any atom is -0.320 e. The van der Waals surface area contributed by atoms with Crippen molar-refractivity contribution in [1.82, 2.24) is 10.6 Å². The average molecular weight is 416 g/mol. The zero-order chi connectivity index (χ0) is 21.7. The molecule has 0 radical (unpaired) electrons. The van der Waals surface area contributed by atoms with Crippen molar-refractivity contribution in [2.24, 2.45) is 0 Å². The van der Waals surface area contributed by atoms with Crippen LogP contribution in [-0.2, 0) is 20.4 Å². The van der Waals surface area contributed by atoms with Gasteiger partial charge >= 0.3 is 6.03 Å². The van der Waals surface area contributed by atoms with E-state index in [1.807, 2.05) is 20.8 Å². The van der Waals surface area contributed by atoms with Gasteiger partial charge in [0.25, 0.3) is 15.9 Å². The van der Waals surface area contributed by atoms with Crippen LogP contribution in [0.3, 0.4) is 0 Å². The van der Waals surface area contributed by atoms with Crippen LogP contribution in [0.25, 0.3) is 0 Å². The summed E-state index contributed by atoms with van der Waals surface area (Å²) in [7, 11) is -3.86. The number of rotatable bonds is 4. The first-order valence-corrected chi connectivity index (χ1v) is 10.7. The fraction of sp³-hybridized carbons (Fsp3) is 0.333. The Bertz CT molecular complexity index is 1130. The minimum absolute atomic E-state index is 0.265. The summed E-state index contributed by atoms with van der Waals surface area (Å²) >= 11 is 0. The van der Waals surface area contributed by atoms with E-state index in [-0.39, 0.29) is 4.90 Å². The molecule has 8 heteroatoms. The van der Waals surface area contributed by atoms with E-state index in [9.17, 15) is 18.0 Å². The summed E-state index contributed by atoms with van der Waals surface area (Å²) in [5, 5.41) is 4.79. The van der Waals surface area contributed by atoms with Gasteiger partial charge in [0.05, 0.1) is 4.90 Å². The van der Waals surface area contributed by atoms with Gasteiger partial charge in [-0.25, -0.2) is 13.2 Å². The van der Waals surface area contributed by atoms with Crippen LogP contribution in [0.5, 0.6) is 0 Å². The van der Waals surface area contributed by atoms with Gasteiger partial charge in [0.1, 0.15) is 5.54 Å². The van der Waals surface area contributed by atoms with Gasteiger partial charge in [0, 0.05) is 5.69 Å². The highest BCUT2D eigenvalue weighted by atomic mass is 32.2. The summed E-state index contributed by atoms with van der Waals surface area (Å²) in [6.07, 6.45) is 0. The number of carbonyl (C=O) groups is 2. The molecule has 0 unspecified atom stereocenters. The number of imide groups is 1. The number of benzene rings is 2. The molecular formula is C21H25N3O4S. The largest absolute Gasteiger partial charge is 0.322 e. The van der Waals surface area contributed by atoms with E-state index in [1.165, 1.54) is 0 Å². The maximum absolute atomic E-state index is 13.2. The standard InChI is InChI=1S/C21H25N3O4S/c1-11-12(2)14(4)18(15(5)13(11)3)29(27,28)24-17-9-7-8-16(10-17)21(6)19(25)22-20(26)23-21/h7-10,24H,1-6H3,(H2,22,23,25,26)/t21-/m0/s1. The smallest absolute Gasteiger partial charge is 0.320 e. The topological polar surface area (TPSA) is 104 Å². The van der Waals surface area contributed by atoms with Crippen molar-refractivity contribution in [1.29, 1.82) is 0 Å². The molecule has 2 aromatic rings. The molecule has 2 aromatic carbocycles. The predicted molar refractivity (Wildman–Crippen MR) is 111 cm³/mol. The highest BCUT2D eigenvalue weighted by Crippen LogP contribution is 2.32. The quantitative estimate of drug-likeness (QED) is 0.668. The van der Waals surface area contributed by atoms with Crippen LogP contribution in [0, 0.1) is 34.6 Å². The molecule has 1 aliphatic rings. The van der Waals surface area contributed by atoms with E-state index in [1.54, 1.807) is 45.0 Å². The number of hydrogen-bond donors (Lipinski definition) is 3. The van der Waals surface area contributed by atoms with Gasteiger partial charge in [-0.15, -0.1) is 0 Å². The van der Waals surface area contributed by atoms with Gasteiger partial charge in [-0.2, -0.15) is 0 Å². The number of nitrogens with one attached hydrogen (secondary N) is 3. The van der Waals surface area contributed by atoms with Crippen LogP contribution >= 0.6 is 0 Å². The number of hydrogen-bond acceptors (Lipinski definition) is 4. The van der Waals surface area contributed by atoms with Crippen LogP contribution in [0.1, 0.15) is 40.3 Å². The molecule has 1 heterocycles. The van der Waals surface area contributed by atoms with Crippen LogP contribution in [-0.4, -0.2) is 20.4 Å². The molecule has 0 aliphatic carbocycles. The normalized spacial score (nSPS) is 19.1. The molecule has 29 heavy (non-hydrogen) atoms. The second kappa shape index (κ2) is 6.88. The zero-order valence-corrected chi connectivity index (χ0v) is 18.2. The van der Waals surface area contributed by atoms with Gasteiger partial charge in [-0.05, 0) is 87.1 Å². The van der Waals surface area contributed by atoms with Crippen LogP contribution < -0.4 is 15.4 Å². The Balaban J connectivity index is 2.04. The van der Waals surface area contributed by atoms with Gasteiger partial charge in [-0.1, -0.05) is 12.1 Å². The maximum Gasteiger partial charge on any atom is 0.322 e. The molecule has 0 spiro atoms. The van der Waals surface area contributed by atoms with Crippen molar-refractivity contribution in [3.05, 3.63) is 57.6 Å². The monoisotopic (exact) mass is 415 g/mol. The first-order valence-electron chi connectivity index (χ1n) is 9.22. The second-order valence-corrected chi connectivity index (χ2v) is 9.29. The molecule has 1 aliphatic heterocycles.